The van der Waals surface area contributed by atoms with E-state index in [4.69, 9.17) is 15.4 Å². The summed E-state index contributed by atoms with van der Waals surface area (Å²) in [6, 6.07) is 3.70. The molecule has 2 rings (SSSR count). The van der Waals surface area contributed by atoms with E-state index in [-0.39, 0.29) is 0 Å². The van der Waals surface area contributed by atoms with Crippen molar-refractivity contribution in [3.63, 3.8) is 0 Å². The zero-order valence-electron chi connectivity index (χ0n) is 6.55. The lowest BCUT2D eigenvalue weighted by Crippen LogP contribution is -1.90. The van der Waals surface area contributed by atoms with Crippen molar-refractivity contribution in [3.8, 4) is 5.75 Å². The van der Waals surface area contributed by atoms with Gasteiger partial charge in [-0.1, -0.05) is 15.9 Å². The molecule has 0 saturated carbocycles. The monoisotopic (exact) mass is 280 g/mol. The predicted octanol–water partition coefficient (Wildman–Crippen LogP) is 2.65. The summed E-state index contributed by atoms with van der Waals surface area (Å²) in [5, 5.41) is 0. The average molecular weight is 282 g/mol. The van der Waals surface area contributed by atoms with E-state index in [2.05, 4.69) is 15.9 Å². The van der Waals surface area contributed by atoms with E-state index in [0.29, 0.717) is 17.3 Å². The van der Waals surface area contributed by atoms with Crippen molar-refractivity contribution in [1.29, 1.82) is 0 Å². The Kier molecular flexibility index (Phi) is 2.62. The smallest absolute Gasteiger partial charge is 0.151 e. The molecule has 1 heterocycles. The van der Waals surface area contributed by atoms with Crippen molar-refractivity contribution in [2.45, 2.75) is 11.3 Å². The molecule has 0 radical (unpaired) electrons. The average Bonchev–Trinajstić information content (AvgIpc) is 2.49. The van der Waals surface area contributed by atoms with Crippen LogP contribution in [-0.4, -0.2) is 10.8 Å². The minimum atomic E-state index is -1.50. The Morgan fingerprint density at radius 3 is 3.00 bits per heavy atom. The number of ether oxygens (including phenoxy) is 1. The van der Waals surface area contributed by atoms with Crippen LogP contribution in [0.25, 0.3) is 0 Å². The summed E-state index contributed by atoms with van der Waals surface area (Å²) in [7, 11) is 4.03. The van der Waals surface area contributed by atoms with E-state index in [1.165, 1.54) is 0 Å². The van der Waals surface area contributed by atoms with Crippen LogP contribution in [0.3, 0.4) is 0 Å². The first-order valence-corrected chi connectivity index (χ1v) is 6.48. The fourth-order valence-corrected chi connectivity index (χ4v) is 2.91. The number of hydrogen-bond donors (Lipinski definition) is 0. The Morgan fingerprint density at radius 2 is 2.31 bits per heavy atom. The molecule has 0 aliphatic carbocycles. The molecule has 0 bridgehead atoms. The van der Waals surface area contributed by atoms with Crippen molar-refractivity contribution in [1.82, 2.24) is 0 Å². The Bertz CT molecular complexity index is 381. The van der Waals surface area contributed by atoms with Crippen LogP contribution < -0.4 is 4.74 Å². The molecule has 0 aromatic heterocycles. The summed E-state index contributed by atoms with van der Waals surface area (Å²) in [5.74, 6) is 0.691. The Hall–Kier alpha value is -0.0600. The van der Waals surface area contributed by atoms with Gasteiger partial charge in [-0.15, -0.1) is 0 Å². The summed E-state index contributed by atoms with van der Waals surface area (Å²) in [6.45, 7) is 0.646. The molecule has 0 saturated heterocycles. The van der Waals surface area contributed by atoms with Crippen molar-refractivity contribution < 1.29 is 8.95 Å². The van der Waals surface area contributed by atoms with Gasteiger partial charge >= 0.3 is 0 Å². The van der Waals surface area contributed by atoms with E-state index in [0.717, 1.165) is 16.5 Å². The topological polar surface area (TPSA) is 26.3 Å². The molecule has 0 N–H and O–H groups in total. The fourth-order valence-electron chi connectivity index (χ4n) is 1.35. The van der Waals surface area contributed by atoms with E-state index in [9.17, 15) is 4.21 Å². The third kappa shape index (κ3) is 1.75. The maximum atomic E-state index is 11.1. The maximum absolute atomic E-state index is 11.1. The highest BCUT2D eigenvalue weighted by Crippen LogP contribution is 2.35. The number of rotatable bonds is 1. The minimum absolute atomic E-state index is 0.559. The van der Waals surface area contributed by atoms with Gasteiger partial charge in [0.15, 0.2) is 10.0 Å². The quantitative estimate of drug-likeness (QED) is 0.740. The van der Waals surface area contributed by atoms with Gasteiger partial charge in [0.1, 0.15) is 5.75 Å². The normalized spacial score (nSPS) is 16.5. The molecule has 0 amide bonds. The molecule has 5 heteroatoms. The summed E-state index contributed by atoms with van der Waals surface area (Å²) in [6.07, 6.45) is 0.857. The largest absolute Gasteiger partial charge is 0.492 e. The molecular formula is C8H6BrClO2S. The van der Waals surface area contributed by atoms with Crippen molar-refractivity contribution in [3.05, 3.63) is 22.2 Å². The van der Waals surface area contributed by atoms with E-state index in [1.54, 1.807) is 6.07 Å². The zero-order chi connectivity index (χ0) is 9.42. The predicted molar refractivity (Wildman–Crippen MR) is 55.6 cm³/mol. The van der Waals surface area contributed by atoms with Crippen LogP contribution in [0.4, 0.5) is 0 Å². The number of benzene rings is 1. The van der Waals surface area contributed by atoms with E-state index < -0.39 is 10.0 Å². The molecule has 0 fully saturated rings. The lowest BCUT2D eigenvalue weighted by molar-refractivity contribution is 0.349. The van der Waals surface area contributed by atoms with Crippen LogP contribution in [0.2, 0.25) is 0 Å². The van der Waals surface area contributed by atoms with Gasteiger partial charge < -0.3 is 4.74 Å². The molecule has 1 aromatic rings. The first-order valence-electron chi connectivity index (χ1n) is 3.72. The summed E-state index contributed by atoms with van der Waals surface area (Å²) < 4.78 is 17.4. The van der Waals surface area contributed by atoms with Gasteiger partial charge in [0.05, 0.1) is 11.5 Å². The molecule has 1 aliphatic heterocycles. The first kappa shape index (κ1) is 9.49. The van der Waals surface area contributed by atoms with Crippen LogP contribution in [0, 0.1) is 0 Å². The second-order valence-electron chi connectivity index (χ2n) is 2.71. The molecule has 0 spiro atoms. The molecule has 1 aromatic carbocycles. The lowest BCUT2D eigenvalue weighted by Gasteiger charge is -2.04. The zero-order valence-corrected chi connectivity index (χ0v) is 9.71. The fraction of sp³-hybridized carbons (Fsp3) is 0.250. The van der Waals surface area contributed by atoms with Gasteiger partial charge in [-0.05, 0) is 28.4 Å². The standard InChI is InChI=1S/C8H6BrClO2S/c9-6-3-5-1-2-12-8(5)7(4-6)13(10)11/h3-4H,1-2H2. The number of halogens is 2. The van der Waals surface area contributed by atoms with Gasteiger partial charge in [0.2, 0.25) is 0 Å². The summed E-state index contributed by atoms with van der Waals surface area (Å²) in [5.41, 5.74) is 1.07. The van der Waals surface area contributed by atoms with Gasteiger partial charge in [-0.2, -0.15) is 0 Å². The molecule has 13 heavy (non-hydrogen) atoms. The van der Waals surface area contributed by atoms with E-state index >= 15 is 0 Å². The second-order valence-corrected chi connectivity index (χ2v) is 5.36. The highest BCUT2D eigenvalue weighted by atomic mass is 79.9. The highest BCUT2D eigenvalue weighted by molar-refractivity contribution is 9.10. The molecule has 1 aliphatic rings. The van der Waals surface area contributed by atoms with Crippen LogP contribution in [0.5, 0.6) is 5.75 Å². The molecule has 70 valence electrons. The Labute approximate surface area is 91.3 Å². The van der Waals surface area contributed by atoms with Gasteiger partial charge in [0, 0.05) is 10.9 Å². The molecular weight excluding hydrogens is 276 g/mol. The van der Waals surface area contributed by atoms with Crippen molar-refractivity contribution in [2.75, 3.05) is 6.61 Å². The Morgan fingerprint density at radius 1 is 1.54 bits per heavy atom. The van der Waals surface area contributed by atoms with Gasteiger partial charge in [-0.25, -0.2) is 4.21 Å². The molecule has 2 nitrogen and oxygen atoms in total. The van der Waals surface area contributed by atoms with Crippen LogP contribution >= 0.6 is 26.6 Å². The maximum Gasteiger partial charge on any atom is 0.151 e. The van der Waals surface area contributed by atoms with Crippen molar-refractivity contribution in [2.24, 2.45) is 0 Å². The van der Waals surface area contributed by atoms with Crippen LogP contribution in [0.15, 0.2) is 21.5 Å². The van der Waals surface area contributed by atoms with Crippen LogP contribution in [-0.2, 0) is 16.4 Å². The second kappa shape index (κ2) is 3.59. The number of hydrogen-bond acceptors (Lipinski definition) is 2. The molecule has 1 unspecified atom stereocenters. The number of fused-ring (bicyclic) bond motifs is 1. The van der Waals surface area contributed by atoms with Crippen LogP contribution in [0.1, 0.15) is 5.56 Å². The minimum Gasteiger partial charge on any atom is -0.492 e. The Balaban J connectivity index is 2.62. The van der Waals surface area contributed by atoms with E-state index in [1.807, 2.05) is 6.07 Å². The molecule has 1 atom stereocenters. The lowest BCUT2D eigenvalue weighted by atomic mass is 10.2. The third-order valence-corrected chi connectivity index (χ3v) is 3.49. The SMILES string of the molecule is O=S(Cl)c1cc(Br)cc2c1OCC2. The summed E-state index contributed by atoms with van der Waals surface area (Å²) in [4.78, 5) is 0.559. The van der Waals surface area contributed by atoms with Crippen molar-refractivity contribution >= 4 is 36.6 Å². The third-order valence-electron chi connectivity index (χ3n) is 1.89. The first-order chi connectivity index (χ1) is 6.18. The van der Waals surface area contributed by atoms with Gasteiger partial charge in [0.25, 0.3) is 0 Å². The highest BCUT2D eigenvalue weighted by Gasteiger charge is 2.20. The summed E-state index contributed by atoms with van der Waals surface area (Å²) >= 11 is 3.34. The van der Waals surface area contributed by atoms with Gasteiger partial charge in [-0.3, -0.25) is 0 Å².